The fourth-order valence-electron chi connectivity index (χ4n) is 5.43. The van der Waals surface area contributed by atoms with E-state index in [4.69, 9.17) is 4.74 Å². The molecule has 2 aliphatic heterocycles. The second-order valence-electron chi connectivity index (χ2n) is 9.54. The molecule has 2 saturated heterocycles. The van der Waals surface area contributed by atoms with Gasteiger partial charge in [-0.1, -0.05) is 12.1 Å². The first-order chi connectivity index (χ1) is 16.8. The van der Waals surface area contributed by atoms with Crippen molar-refractivity contribution in [2.24, 2.45) is 0 Å². The fourth-order valence-corrected chi connectivity index (χ4v) is 5.43. The number of hydrogen-bond acceptors (Lipinski definition) is 6. The summed E-state index contributed by atoms with van der Waals surface area (Å²) >= 11 is 0. The Labute approximate surface area is 214 Å². The Bertz CT molecular complexity index is 1100. The van der Waals surface area contributed by atoms with Crippen LogP contribution in [0.4, 0.5) is 18.4 Å². The van der Waals surface area contributed by atoms with Gasteiger partial charge in [0.15, 0.2) is 11.6 Å². The van der Waals surface area contributed by atoms with E-state index >= 15 is 0 Å². The normalized spacial score (nSPS) is 28.5. The first kappa shape index (κ1) is 26.2. The van der Waals surface area contributed by atoms with Crippen LogP contribution in [0.5, 0.6) is 0 Å². The zero-order valence-electron chi connectivity index (χ0n) is 19.6. The van der Waals surface area contributed by atoms with E-state index in [0.29, 0.717) is 36.7 Å². The lowest BCUT2D eigenvalue weighted by Crippen LogP contribution is -2.48. The minimum Gasteiger partial charge on any atom is -0.446 e. The lowest BCUT2D eigenvalue weighted by atomic mass is 9.79. The average Bonchev–Trinajstić information content (AvgIpc) is 3.48. The highest BCUT2D eigenvalue weighted by Gasteiger charge is 2.42. The van der Waals surface area contributed by atoms with Gasteiger partial charge in [0.25, 0.3) is 0 Å². The molecular weight excluding hydrogens is 494 g/mol. The summed E-state index contributed by atoms with van der Waals surface area (Å²) in [6.07, 6.45) is 4.50. The Morgan fingerprint density at radius 2 is 1.92 bits per heavy atom. The lowest BCUT2D eigenvalue weighted by Gasteiger charge is -2.39. The molecule has 194 valence electrons. The monoisotopic (exact) mass is 522 g/mol. The fraction of sp³-hybridized carbons (Fsp3) is 0.480. The van der Waals surface area contributed by atoms with Gasteiger partial charge in [0.05, 0.1) is 5.69 Å². The van der Waals surface area contributed by atoms with E-state index in [-0.39, 0.29) is 25.1 Å². The van der Waals surface area contributed by atoms with E-state index in [0.717, 1.165) is 42.8 Å². The van der Waals surface area contributed by atoms with E-state index in [2.05, 4.69) is 15.2 Å². The molecule has 1 aromatic heterocycles. The molecule has 2 aromatic rings. The lowest BCUT2D eigenvalue weighted by molar-refractivity contribution is -0.0257. The molecule has 3 amide bonds. The SMILES string of the molecule is Cl.O=C(N[C@@H]1CCN([C@H]2CC[C@](O)(c3ccccn3)CC2)C1)N1C(=O)OC[C@@H]1c1ccc(F)c(F)c1. The molecule has 0 radical (unpaired) electrons. The minimum absolute atomic E-state index is 0. The molecule has 3 heterocycles. The predicted octanol–water partition coefficient (Wildman–Crippen LogP) is 3.89. The van der Waals surface area contributed by atoms with Gasteiger partial charge in [0.1, 0.15) is 18.2 Å². The minimum atomic E-state index is -1.05. The third kappa shape index (κ3) is 5.16. The number of nitrogens with one attached hydrogen (secondary N) is 1. The number of rotatable bonds is 4. The molecule has 0 unspecified atom stereocenters. The molecule has 1 aliphatic carbocycles. The van der Waals surface area contributed by atoms with E-state index < -0.39 is 35.4 Å². The highest BCUT2D eigenvalue weighted by molar-refractivity contribution is 5.92. The number of urea groups is 1. The number of nitrogens with zero attached hydrogens (tertiary/aromatic N) is 3. The maximum absolute atomic E-state index is 13.7. The third-order valence-electron chi connectivity index (χ3n) is 7.41. The van der Waals surface area contributed by atoms with Crippen molar-refractivity contribution in [1.82, 2.24) is 20.1 Å². The second kappa shape index (κ2) is 10.7. The molecule has 2 N–H and O–H groups in total. The van der Waals surface area contributed by atoms with Crippen LogP contribution in [-0.2, 0) is 10.3 Å². The number of ether oxygens (including phenoxy) is 1. The molecule has 2 atom stereocenters. The summed E-state index contributed by atoms with van der Waals surface area (Å²) in [6.45, 7) is 1.32. The number of imide groups is 1. The summed E-state index contributed by atoms with van der Waals surface area (Å²) in [4.78, 5) is 32.8. The Morgan fingerprint density at radius 3 is 2.61 bits per heavy atom. The Morgan fingerprint density at radius 1 is 1.14 bits per heavy atom. The van der Waals surface area contributed by atoms with Gasteiger partial charge in [-0.05, 0) is 61.9 Å². The quantitative estimate of drug-likeness (QED) is 0.632. The van der Waals surface area contributed by atoms with Crippen LogP contribution < -0.4 is 5.32 Å². The van der Waals surface area contributed by atoms with E-state index in [9.17, 15) is 23.5 Å². The Hall–Kier alpha value is -2.82. The zero-order chi connectivity index (χ0) is 24.6. The number of pyridine rings is 1. The van der Waals surface area contributed by atoms with Gasteiger partial charge in [0.2, 0.25) is 0 Å². The summed E-state index contributed by atoms with van der Waals surface area (Å²) in [5.41, 5.74) is 0.0921. The topological polar surface area (TPSA) is 95.0 Å². The summed E-state index contributed by atoms with van der Waals surface area (Å²) < 4.78 is 32.1. The summed E-state index contributed by atoms with van der Waals surface area (Å²) in [5, 5.41) is 13.9. The molecule has 36 heavy (non-hydrogen) atoms. The van der Waals surface area contributed by atoms with Crippen molar-refractivity contribution in [2.45, 2.75) is 55.8 Å². The van der Waals surface area contributed by atoms with Crippen LogP contribution in [0, 0.1) is 11.6 Å². The van der Waals surface area contributed by atoms with Crippen LogP contribution in [0.25, 0.3) is 0 Å². The summed E-state index contributed by atoms with van der Waals surface area (Å²) in [6, 6.07) is 7.58. The zero-order valence-corrected chi connectivity index (χ0v) is 20.4. The maximum atomic E-state index is 13.7. The number of carbonyl (C=O) groups excluding carboxylic acids is 2. The van der Waals surface area contributed by atoms with Crippen LogP contribution in [0.2, 0.25) is 0 Å². The van der Waals surface area contributed by atoms with Crippen LogP contribution in [0.15, 0.2) is 42.6 Å². The highest BCUT2D eigenvalue weighted by atomic mass is 35.5. The summed E-state index contributed by atoms with van der Waals surface area (Å²) in [5.74, 6) is -2.04. The van der Waals surface area contributed by atoms with Crippen molar-refractivity contribution < 1.29 is 28.2 Å². The van der Waals surface area contributed by atoms with Gasteiger partial charge in [-0.25, -0.2) is 23.3 Å². The molecule has 3 fully saturated rings. The van der Waals surface area contributed by atoms with Crippen molar-refractivity contribution in [3.8, 4) is 0 Å². The van der Waals surface area contributed by atoms with E-state index in [1.165, 1.54) is 6.07 Å². The average molecular weight is 523 g/mol. The number of amides is 3. The molecule has 5 rings (SSSR count). The molecule has 0 bridgehead atoms. The molecule has 0 spiro atoms. The van der Waals surface area contributed by atoms with Gasteiger partial charge in [-0.3, -0.25) is 9.88 Å². The van der Waals surface area contributed by atoms with Gasteiger partial charge in [-0.2, -0.15) is 0 Å². The highest BCUT2D eigenvalue weighted by Crippen LogP contribution is 2.38. The molecule has 1 aromatic carbocycles. The van der Waals surface area contributed by atoms with Crippen molar-refractivity contribution in [1.29, 1.82) is 0 Å². The number of benzene rings is 1. The number of hydrogen-bond donors (Lipinski definition) is 2. The number of aromatic nitrogens is 1. The smallest absolute Gasteiger partial charge is 0.418 e. The number of halogens is 3. The first-order valence-corrected chi connectivity index (χ1v) is 11.9. The number of carbonyl (C=O) groups is 2. The molecule has 8 nitrogen and oxygen atoms in total. The number of likely N-dealkylation sites (tertiary alicyclic amines) is 1. The second-order valence-corrected chi connectivity index (χ2v) is 9.54. The third-order valence-corrected chi connectivity index (χ3v) is 7.41. The van der Waals surface area contributed by atoms with Crippen LogP contribution in [0.3, 0.4) is 0 Å². The largest absolute Gasteiger partial charge is 0.446 e. The maximum Gasteiger partial charge on any atom is 0.418 e. The van der Waals surface area contributed by atoms with Crippen LogP contribution >= 0.6 is 12.4 Å². The van der Waals surface area contributed by atoms with Gasteiger partial charge < -0.3 is 15.2 Å². The van der Waals surface area contributed by atoms with Gasteiger partial charge in [-0.15, -0.1) is 12.4 Å². The number of aliphatic hydroxyl groups is 1. The predicted molar refractivity (Wildman–Crippen MR) is 128 cm³/mol. The van der Waals surface area contributed by atoms with Crippen LogP contribution in [-0.4, -0.2) is 63.8 Å². The molecule has 11 heteroatoms. The number of cyclic esters (lactones) is 1. The van der Waals surface area contributed by atoms with Crippen molar-refractivity contribution >= 4 is 24.5 Å². The molecule has 1 saturated carbocycles. The summed E-state index contributed by atoms with van der Waals surface area (Å²) in [7, 11) is 0. The van der Waals surface area contributed by atoms with Gasteiger partial charge in [0, 0.05) is 31.4 Å². The Kier molecular flexibility index (Phi) is 7.77. The standard InChI is InChI=1S/C25H28F2N4O4.ClH/c26-19-5-4-16(13-20(19)27)21-15-35-24(33)31(21)23(32)29-17-8-12-30(14-17)18-6-9-25(34,10-7-18)22-3-1-2-11-28-22;/h1-5,11,13,17-18,21,34H,6-10,12,14-15H2,(H,29,32);1H/t17-,18-,21-,25+;/m1./s1. The van der Waals surface area contributed by atoms with Crippen molar-refractivity contribution in [3.05, 3.63) is 65.5 Å². The van der Waals surface area contributed by atoms with Crippen molar-refractivity contribution in [3.63, 3.8) is 0 Å². The van der Waals surface area contributed by atoms with E-state index in [1.54, 1.807) is 6.20 Å². The Balaban J connectivity index is 0.00000304. The molecule has 3 aliphatic rings. The van der Waals surface area contributed by atoms with Gasteiger partial charge >= 0.3 is 12.1 Å². The van der Waals surface area contributed by atoms with Crippen LogP contribution in [0.1, 0.15) is 49.4 Å². The van der Waals surface area contributed by atoms with E-state index in [1.807, 2.05) is 18.2 Å². The molecular formula is C25H29ClF2N4O4. The first-order valence-electron chi connectivity index (χ1n) is 11.9. The van der Waals surface area contributed by atoms with Crippen molar-refractivity contribution in [2.75, 3.05) is 19.7 Å².